The molecule has 2 rings (SSSR count). The third kappa shape index (κ3) is 3.76. The molecule has 1 heterocycles. The second kappa shape index (κ2) is 6.80. The molecule has 0 atom stereocenters. The summed E-state index contributed by atoms with van der Waals surface area (Å²) >= 11 is 3.60. The van der Waals surface area contributed by atoms with Gasteiger partial charge in [0.15, 0.2) is 0 Å². The fraction of sp³-hybridized carbons (Fsp3) is 0.154. The Hall–Kier alpha value is -1.48. The van der Waals surface area contributed by atoms with Crippen LogP contribution >= 0.6 is 33.9 Å². The zero-order chi connectivity index (χ0) is 14.5. The minimum atomic E-state index is -0.339. The van der Waals surface area contributed by atoms with Crippen molar-refractivity contribution in [1.82, 2.24) is 4.98 Å². The van der Waals surface area contributed by atoms with Crippen LogP contribution in [0.5, 0.6) is 0 Å². The highest BCUT2D eigenvalue weighted by molar-refractivity contribution is 14.1. The molecular weight excluding hydrogens is 389 g/mol. The number of rotatable bonds is 4. The standard InChI is InChI=1S/C13H12IN3O2S/c1-8-7-20-13(16-8)17-15-6-9-3-4-10(11(14)5-9)12(18)19-2/h3-7H,1-2H3,(H,16,17). The van der Waals surface area contributed by atoms with Crippen LogP contribution in [0.4, 0.5) is 5.13 Å². The summed E-state index contributed by atoms with van der Waals surface area (Å²) in [5.74, 6) is -0.339. The van der Waals surface area contributed by atoms with Gasteiger partial charge >= 0.3 is 5.97 Å². The normalized spacial score (nSPS) is 10.8. The number of aromatic nitrogens is 1. The molecule has 0 fully saturated rings. The van der Waals surface area contributed by atoms with Crippen molar-refractivity contribution in [2.75, 3.05) is 12.5 Å². The monoisotopic (exact) mass is 401 g/mol. The number of hydrogen-bond acceptors (Lipinski definition) is 6. The molecule has 2 aromatic rings. The number of carbonyl (C=O) groups is 1. The van der Waals surface area contributed by atoms with Gasteiger partial charge in [-0.05, 0) is 47.2 Å². The Morgan fingerprint density at radius 1 is 1.55 bits per heavy atom. The second-order valence-corrected chi connectivity index (χ2v) is 5.92. The number of carbonyl (C=O) groups excluding carboxylic acids is 1. The molecule has 1 N–H and O–H groups in total. The summed E-state index contributed by atoms with van der Waals surface area (Å²) < 4.78 is 5.52. The summed E-state index contributed by atoms with van der Waals surface area (Å²) in [6, 6.07) is 5.40. The zero-order valence-electron chi connectivity index (χ0n) is 10.9. The van der Waals surface area contributed by atoms with E-state index in [1.54, 1.807) is 12.3 Å². The van der Waals surface area contributed by atoms with Crippen LogP contribution in [0.2, 0.25) is 0 Å². The highest BCUT2D eigenvalue weighted by Gasteiger charge is 2.09. The largest absolute Gasteiger partial charge is 0.465 e. The minimum absolute atomic E-state index is 0.339. The molecule has 1 aromatic heterocycles. The highest BCUT2D eigenvalue weighted by atomic mass is 127. The number of hydrazone groups is 1. The maximum atomic E-state index is 11.5. The van der Waals surface area contributed by atoms with Gasteiger partial charge in [0.25, 0.3) is 0 Å². The molecule has 0 unspecified atom stereocenters. The molecule has 0 radical (unpaired) electrons. The molecule has 0 aliphatic rings. The van der Waals surface area contributed by atoms with E-state index in [2.05, 4.69) is 38.1 Å². The van der Waals surface area contributed by atoms with E-state index in [1.165, 1.54) is 18.4 Å². The van der Waals surface area contributed by atoms with E-state index in [9.17, 15) is 4.79 Å². The Labute approximate surface area is 134 Å². The first-order chi connectivity index (χ1) is 9.60. The zero-order valence-corrected chi connectivity index (χ0v) is 13.9. The van der Waals surface area contributed by atoms with Crippen LogP contribution in [-0.4, -0.2) is 24.3 Å². The summed E-state index contributed by atoms with van der Waals surface area (Å²) in [5.41, 5.74) is 5.27. The number of methoxy groups -OCH3 is 1. The molecule has 0 aliphatic heterocycles. The summed E-state index contributed by atoms with van der Waals surface area (Å²) in [7, 11) is 1.37. The Morgan fingerprint density at radius 2 is 2.35 bits per heavy atom. The van der Waals surface area contributed by atoms with Crippen LogP contribution in [0.25, 0.3) is 0 Å². The van der Waals surface area contributed by atoms with Gasteiger partial charge in [-0.3, -0.25) is 5.43 Å². The number of ether oxygens (including phenoxy) is 1. The summed E-state index contributed by atoms with van der Waals surface area (Å²) in [5, 5.41) is 6.81. The van der Waals surface area contributed by atoms with Crippen LogP contribution in [0.15, 0.2) is 28.7 Å². The van der Waals surface area contributed by atoms with Crippen LogP contribution in [0, 0.1) is 10.5 Å². The molecule has 0 amide bonds. The number of nitrogens with zero attached hydrogens (tertiary/aromatic N) is 2. The first kappa shape index (κ1) is 14.9. The van der Waals surface area contributed by atoms with Crippen molar-refractivity contribution in [1.29, 1.82) is 0 Å². The average Bonchev–Trinajstić information content (AvgIpc) is 2.84. The van der Waals surface area contributed by atoms with Crippen molar-refractivity contribution in [3.8, 4) is 0 Å². The fourth-order valence-electron chi connectivity index (χ4n) is 1.45. The lowest BCUT2D eigenvalue weighted by Crippen LogP contribution is -2.04. The van der Waals surface area contributed by atoms with Crippen molar-refractivity contribution in [2.45, 2.75) is 6.92 Å². The Kier molecular flexibility index (Phi) is 5.07. The van der Waals surface area contributed by atoms with Gasteiger partial charge in [-0.2, -0.15) is 5.10 Å². The van der Waals surface area contributed by atoms with Gasteiger partial charge in [0.1, 0.15) is 0 Å². The molecule has 104 valence electrons. The summed E-state index contributed by atoms with van der Waals surface area (Å²) in [6.45, 7) is 1.93. The van der Waals surface area contributed by atoms with E-state index in [0.717, 1.165) is 20.0 Å². The molecule has 0 saturated heterocycles. The molecule has 20 heavy (non-hydrogen) atoms. The maximum absolute atomic E-state index is 11.5. The third-order valence-electron chi connectivity index (χ3n) is 2.39. The van der Waals surface area contributed by atoms with Crippen LogP contribution in [0.3, 0.4) is 0 Å². The van der Waals surface area contributed by atoms with Gasteiger partial charge in [-0.25, -0.2) is 9.78 Å². The van der Waals surface area contributed by atoms with E-state index in [0.29, 0.717) is 5.56 Å². The summed E-state index contributed by atoms with van der Waals surface area (Å²) in [6.07, 6.45) is 1.68. The van der Waals surface area contributed by atoms with Crippen molar-refractivity contribution in [3.63, 3.8) is 0 Å². The van der Waals surface area contributed by atoms with Gasteiger partial charge < -0.3 is 4.74 Å². The summed E-state index contributed by atoms with van der Waals surface area (Å²) in [4.78, 5) is 15.7. The first-order valence-corrected chi connectivity index (χ1v) is 7.65. The molecule has 1 aromatic carbocycles. The predicted octanol–water partition coefficient (Wildman–Crippen LogP) is 3.29. The number of halogens is 1. The van der Waals surface area contributed by atoms with Crippen molar-refractivity contribution in [2.24, 2.45) is 5.10 Å². The number of anilines is 1. The number of aryl methyl sites for hydroxylation is 1. The number of benzene rings is 1. The highest BCUT2D eigenvalue weighted by Crippen LogP contribution is 2.16. The van der Waals surface area contributed by atoms with E-state index in [4.69, 9.17) is 4.74 Å². The second-order valence-electron chi connectivity index (χ2n) is 3.89. The number of thiazole rings is 1. The van der Waals surface area contributed by atoms with E-state index >= 15 is 0 Å². The Morgan fingerprint density at radius 3 is 2.95 bits per heavy atom. The van der Waals surface area contributed by atoms with Crippen LogP contribution < -0.4 is 5.43 Å². The van der Waals surface area contributed by atoms with Crippen LogP contribution in [0.1, 0.15) is 21.6 Å². The quantitative estimate of drug-likeness (QED) is 0.370. The third-order valence-corrected chi connectivity index (χ3v) is 4.15. The van der Waals surface area contributed by atoms with Gasteiger partial charge in [-0.1, -0.05) is 6.07 Å². The van der Waals surface area contributed by atoms with Crippen molar-refractivity contribution < 1.29 is 9.53 Å². The van der Waals surface area contributed by atoms with E-state index in [1.807, 2.05) is 24.4 Å². The topological polar surface area (TPSA) is 63.6 Å². The molecular formula is C13H12IN3O2S. The number of hydrogen-bond donors (Lipinski definition) is 1. The van der Waals surface area contributed by atoms with Gasteiger partial charge in [0, 0.05) is 8.95 Å². The molecule has 0 spiro atoms. The van der Waals surface area contributed by atoms with E-state index in [-0.39, 0.29) is 5.97 Å². The van der Waals surface area contributed by atoms with Crippen LogP contribution in [-0.2, 0) is 4.74 Å². The smallest absolute Gasteiger partial charge is 0.338 e. The lowest BCUT2D eigenvalue weighted by atomic mass is 10.1. The lowest BCUT2D eigenvalue weighted by molar-refractivity contribution is 0.0599. The SMILES string of the molecule is COC(=O)c1ccc(C=NNc2nc(C)cs2)cc1I. The molecule has 0 aliphatic carbocycles. The number of esters is 1. The number of nitrogens with one attached hydrogen (secondary N) is 1. The first-order valence-electron chi connectivity index (χ1n) is 5.69. The Bertz CT molecular complexity index is 655. The molecule has 5 nitrogen and oxygen atoms in total. The van der Waals surface area contributed by atoms with Crippen molar-refractivity contribution in [3.05, 3.63) is 44.0 Å². The van der Waals surface area contributed by atoms with Crippen molar-refractivity contribution >= 4 is 51.2 Å². The molecule has 7 heteroatoms. The van der Waals surface area contributed by atoms with Gasteiger partial charge in [0.2, 0.25) is 5.13 Å². The molecule has 0 saturated carbocycles. The predicted molar refractivity (Wildman–Crippen MR) is 88.6 cm³/mol. The lowest BCUT2D eigenvalue weighted by Gasteiger charge is -2.03. The Balaban J connectivity index is 2.06. The van der Waals surface area contributed by atoms with Gasteiger partial charge in [0.05, 0.1) is 24.6 Å². The molecule has 0 bridgehead atoms. The van der Waals surface area contributed by atoms with Gasteiger partial charge in [-0.15, -0.1) is 11.3 Å². The average molecular weight is 401 g/mol. The fourth-order valence-corrected chi connectivity index (χ4v) is 2.85. The maximum Gasteiger partial charge on any atom is 0.338 e. The van der Waals surface area contributed by atoms with E-state index < -0.39 is 0 Å². The minimum Gasteiger partial charge on any atom is -0.465 e.